The van der Waals surface area contributed by atoms with Crippen LogP contribution in [0, 0.1) is 12.8 Å². The number of carbonyl (C=O) groups is 1. The van der Waals surface area contributed by atoms with E-state index in [1.54, 1.807) is 6.07 Å². The molecule has 0 radical (unpaired) electrons. The number of nitrogens with one attached hydrogen (secondary N) is 1. The largest absolute Gasteiger partial charge is 0.354 e. The molecule has 1 aliphatic heterocycles. The summed E-state index contributed by atoms with van der Waals surface area (Å²) >= 11 is 0. The number of hydrogen-bond donors (Lipinski definition) is 1. The Balaban J connectivity index is 1.61. The van der Waals surface area contributed by atoms with Gasteiger partial charge in [0.15, 0.2) is 0 Å². The van der Waals surface area contributed by atoms with Gasteiger partial charge in [-0.25, -0.2) is 4.98 Å². The fourth-order valence-electron chi connectivity index (χ4n) is 3.42. The SMILES string of the molecule is Cc1cccc2c(=O)n(CC(=O)NC[C@@H]3CCN(C(C)C)C3)cnc12. The molecule has 2 aromatic rings. The number of benzene rings is 1. The van der Waals surface area contributed by atoms with Gasteiger partial charge < -0.3 is 10.2 Å². The lowest BCUT2D eigenvalue weighted by Gasteiger charge is -2.20. The van der Waals surface area contributed by atoms with Crippen LogP contribution in [0.3, 0.4) is 0 Å². The first-order chi connectivity index (χ1) is 12.0. The number of amides is 1. The topological polar surface area (TPSA) is 67.2 Å². The molecule has 3 rings (SSSR count). The highest BCUT2D eigenvalue weighted by Crippen LogP contribution is 2.17. The molecule has 1 aromatic heterocycles. The second-order valence-corrected chi connectivity index (χ2v) is 7.20. The van der Waals surface area contributed by atoms with Crippen molar-refractivity contribution in [3.05, 3.63) is 40.4 Å². The fraction of sp³-hybridized carbons (Fsp3) is 0.526. The Morgan fingerprint density at radius 1 is 1.40 bits per heavy atom. The van der Waals surface area contributed by atoms with Crippen LogP contribution in [-0.4, -0.2) is 46.0 Å². The lowest BCUT2D eigenvalue weighted by Crippen LogP contribution is -2.36. The number of carbonyl (C=O) groups excluding carboxylic acids is 1. The highest BCUT2D eigenvalue weighted by molar-refractivity contribution is 5.81. The number of para-hydroxylation sites is 1. The third-order valence-corrected chi connectivity index (χ3v) is 5.00. The molecule has 1 atom stereocenters. The quantitative estimate of drug-likeness (QED) is 0.895. The second kappa shape index (κ2) is 7.35. The molecule has 1 fully saturated rings. The van der Waals surface area contributed by atoms with Crippen molar-refractivity contribution in [2.75, 3.05) is 19.6 Å². The zero-order chi connectivity index (χ0) is 18.0. The van der Waals surface area contributed by atoms with Crippen molar-refractivity contribution >= 4 is 16.8 Å². The number of rotatable bonds is 5. The molecule has 1 N–H and O–H groups in total. The maximum atomic E-state index is 12.5. The first-order valence-electron chi connectivity index (χ1n) is 8.91. The molecule has 1 aromatic carbocycles. The van der Waals surface area contributed by atoms with Gasteiger partial charge in [-0.3, -0.25) is 14.2 Å². The molecule has 6 heteroatoms. The van der Waals surface area contributed by atoms with E-state index >= 15 is 0 Å². The van der Waals surface area contributed by atoms with Crippen molar-refractivity contribution in [1.29, 1.82) is 0 Å². The van der Waals surface area contributed by atoms with E-state index in [2.05, 4.69) is 29.0 Å². The standard InChI is InChI=1S/C19H26N4O2/c1-13(2)22-8-7-15(10-22)9-20-17(24)11-23-12-21-18-14(3)5-4-6-16(18)19(23)25/h4-6,12-13,15H,7-11H2,1-3H3,(H,20,24)/t15-/m0/s1. The number of likely N-dealkylation sites (tertiary alicyclic amines) is 1. The normalized spacial score (nSPS) is 18.2. The minimum atomic E-state index is -0.171. The van der Waals surface area contributed by atoms with E-state index in [9.17, 15) is 9.59 Å². The summed E-state index contributed by atoms with van der Waals surface area (Å²) in [6.45, 7) is 9.10. The van der Waals surface area contributed by atoms with Crippen LogP contribution in [0.1, 0.15) is 25.8 Å². The van der Waals surface area contributed by atoms with Gasteiger partial charge in [0.1, 0.15) is 6.54 Å². The monoisotopic (exact) mass is 342 g/mol. The number of aryl methyl sites for hydroxylation is 1. The molecule has 6 nitrogen and oxygen atoms in total. The summed E-state index contributed by atoms with van der Waals surface area (Å²) < 4.78 is 1.38. The summed E-state index contributed by atoms with van der Waals surface area (Å²) in [5.41, 5.74) is 1.49. The highest BCUT2D eigenvalue weighted by Gasteiger charge is 2.24. The van der Waals surface area contributed by atoms with E-state index in [1.165, 1.54) is 10.9 Å². The van der Waals surface area contributed by atoms with Gasteiger partial charge in [-0.05, 0) is 51.3 Å². The smallest absolute Gasteiger partial charge is 0.261 e. The molecule has 0 bridgehead atoms. The van der Waals surface area contributed by atoms with Gasteiger partial charge in [-0.1, -0.05) is 12.1 Å². The van der Waals surface area contributed by atoms with Crippen LogP contribution in [0.25, 0.3) is 10.9 Å². The lowest BCUT2D eigenvalue weighted by molar-refractivity contribution is -0.121. The Morgan fingerprint density at radius 3 is 2.92 bits per heavy atom. The van der Waals surface area contributed by atoms with Crippen molar-refractivity contribution in [3.8, 4) is 0 Å². The van der Waals surface area contributed by atoms with Crippen LogP contribution < -0.4 is 10.9 Å². The van der Waals surface area contributed by atoms with Gasteiger partial charge in [0.05, 0.1) is 17.2 Å². The maximum Gasteiger partial charge on any atom is 0.261 e. The molecule has 1 aliphatic rings. The zero-order valence-corrected chi connectivity index (χ0v) is 15.2. The average molecular weight is 342 g/mol. The Hall–Kier alpha value is -2.21. The Kier molecular flexibility index (Phi) is 5.18. The molecular weight excluding hydrogens is 316 g/mol. The number of aromatic nitrogens is 2. The van der Waals surface area contributed by atoms with E-state index in [4.69, 9.17) is 0 Å². The summed E-state index contributed by atoms with van der Waals surface area (Å²) in [5, 5.41) is 3.52. The molecule has 134 valence electrons. The van der Waals surface area contributed by atoms with E-state index < -0.39 is 0 Å². The first kappa shape index (κ1) is 17.6. The molecule has 0 saturated carbocycles. The molecule has 0 aliphatic carbocycles. The minimum absolute atomic E-state index is 0.0102. The van der Waals surface area contributed by atoms with Crippen molar-refractivity contribution in [3.63, 3.8) is 0 Å². The van der Waals surface area contributed by atoms with Crippen LogP contribution in [0.4, 0.5) is 0 Å². The Morgan fingerprint density at radius 2 is 2.20 bits per heavy atom. The van der Waals surface area contributed by atoms with Crippen LogP contribution >= 0.6 is 0 Å². The predicted molar refractivity (Wildman–Crippen MR) is 98.6 cm³/mol. The number of hydrogen-bond acceptors (Lipinski definition) is 4. The van der Waals surface area contributed by atoms with Gasteiger partial charge in [0.2, 0.25) is 5.91 Å². The maximum absolute atomic E-state index is 12.5. The lowest BCUT2D eigenvalue weighted by atomic mass is 10.1. The van der Waals surface area contributed by atoms with Gasteiger partial charge >= 0.3 is 0 Å². The predicted octanol–water partition coefficient (Wildman–Crippen LogP) is 1.55. The Labute approximate surface area is 147 Å². The third kappa shape index (κ3) is 3.90. The number of nitrogens with zero attached hydrogens (tertiary/aromatic N) is 3. The van der Waals surface area contributed by atoms with Crippen molar-refractivity contribution in [2.24, 2.45) is 5.92 Å². The third-order valence-electron chi connectivity index (χ3n) is 5.00. The minimum Gasteiger partial charge on any atom is -0.354 e. The van der Waals surface area contributed by atoms with E-state index in [0.29, 0.717) is 29.4 Å². The fourth-order valence-corrected chi connectivity index (χ4v) is 3.42. The van der Waals surface area contributed by atoms with Crippen LogP contribution in [0.5, 0.6) is 0 Å². The molecular formula is C19H26N4O2. The molecule has 1 saturated heterocycles. The summed E-state index contributed by atoms with van der Waals surface area (Å²) in [5.74, 6) is 0.347. The van der Waals surface area contributed by atoms with Gasteiger partial charge in [-0.2, -0.15) is 0 Å². The summed E-state index contributed by atoms with van der Waals surface area (Å²) in [7, 11) is 0. The van der Waals surface area contributed by atoms with Crippen LogP contribution in [0.15, 0.2) is 29.3 Å². The van der Waals surface area contributed by atoms with Crippen LogP contribution in [0.2, 0.25) is 0 Å². The molecule has 2 heterocycles. The number of fused-ring (bicyclic) bond motifs is 1. The van der Waals surface area contributed by atoms with Crippen molar-refractivity contribution in [1.82, 2.24) is 19.8 Å². The Bertz CT molecular complexity index is 828. The average Bonchev–Trinajstić information content (AvgIpc) is 3.05. The van der Waals surface area contributed by atoms with E-state index in [1.807, 2.05) is 19.1 Å². The molecule has 25 heavy (non-hydrogen) atoms. The zero-order valence-electron chi connectivity index (χ0n) is 15.2. The summed E-state index contributed by atoms with van der Waals surface area (Å²) in [6, 6.07) is 6.07. The summed E-state index contributed by atoms with van der Waals surface area (Å²) in [4.78, 5) is 31.5. The molecule has 1 amide bonds. The van der Waals surface area contributed by atoms with E-state index in [0.717, 1.165) is 25.1 Å². The van der Waals surface area contributed by atoms with E-state index in [-0.39, 0.29) is 18.0 Å². The van der Waals surface area contributed by atoms with Gasteiger partial charge in [0, 0.05) is 19.1 Å². The van der Waals surface area contributed by atoms with Crippen molar-refractivity contribution < 1.29 is 4.79 Å². The van der Waals surface area contributed by atoms with Crippen molar-refractivity contribution in [2.45, 2.75) is 39.8 Å². The van der Waals surface area contributed by atoms with Gasteiger partial charge in [-0.15, -0.1) is 0 Å². The highest BCUT2D eigenvalue weighted by atomic mass is 16.2. The van der Waals surface area contributed by atoms with Gasteiger partial charge in [0.25, 0.3) is 5.56 Å². The van der Waals surface area contributed by atoms with Crippen LogP contribution in [-0.2, 0) is 11.3 Å². The first-order valence-corrected chi connectivity index (χ1v) is 8.91. The summed E-state index contributed by atoms with van der Waals surface area (Å²) in [6.07, 6.45) is 2.57. The molecule has 0 spiro atoms. The molecule has 0 unspecified atom stereocenters. The second-order valence-electron chi connectivity index (χ2n) is 7.20.